The highest BCUT2D eigenvalue weighted by atomic mass is 15.3. The van der Waals surface area contributed by atoms with Gasteiger partial charge in [-0.1, -0.05) is 31.4 Å². The van der Waals surface area contributed by atoms with E-state index in [9.17, 15) is 0 Å². The summed E-state index contributed by atoms with van der Waals surface area (Å²) in [5, 5.41) is 3.36. The minimum absolute atomic E-state index is 0.293. The number of rotatable bonds is 3. The van der Waals surface area contributed by atoms with E-state index in [2.05, 4.69) is 50.4 Å². The Morgan fingerprint density at radius 2 is 1.81 bits per heavy atom. The van der Waals surface area contributed by atoms with Crippen LogP contribution in [0, 0.1) is 5.41 Å². The third-order valence-corrected chi connectivity index (χ3v) is 7.83. The number of allylic oxidation sites excluding steroid dienone is 4. The van der Waals surface area contributed by atoms with Crippen molar-refractivity contribution in [1.82, 2.24) is 19.9 Å². The fourth-order valence-corrected chi connectivity index (χ4v) is 6.03. The Balaban J connectivity index is 1.23. The van der Waals surface area contributed by atoms with Crippen molar-refractivity contribution in [3.8, 4) is 0 Å². The van der Waals surface area contributed by atoms with Gasteiger partial charge in [-0.3, -0.25) is 0 Å². The van der Waals surface area contributed by atoms with Gasteiger partial charge in [0, 0.05) is 49.8 Å². The average Bonchev–Trinajstić information content (AvgIpc) is 3.20. The van der Waals surface area contributed by atoms with E-state index in [1.54, 1.807) is 0 Å². The van der Waals surface area contributed by atoms with Gasteiger partial charge in [-0.05, 0) is 49.6 Å². The molecule has 2 fully saturated rings. The fourth-order valence-electron chi connectivity index (χ4n) is 6.03. The molecule has 1 N–H and O–H groups in total. The van der Waals surface area contributed by atoms with Gasteiger partial charge in [0.2, 0.25) is 5.95 Å². The van der Waals surface area contributed by atoms with E-state index in [0.29, 0.717) is 11.4 Å². The van der Waals surface area contributed by atoms with Crippen LogP contribution in [-0.2, 0) is 6.42 Å². The summed E-state index contributed by atoms with van der Waals surface area (Å²) in [5.41, 5.74) is 6.91. The zero-order valence-electron chi connectivity index (χ0n) is 19.0. The number of hydrogen-bond acceptors (Lipinski definition) is 6. The molecule has 0 aromatic carbocycles. The van der Waals surface area contributed by atoms with Crippen LogP contribution >= 0.6 is 0 Å². The molecule has 1 spiro atoms. The molecule has 6 rings (SSSR count). The molecule has 3 aliphatic carbocycles. The van der Waals surface area contributed by atoms with Gasteiger partial charge in [0.1, 0.15) is 5.82 Å². The van der Waals surface area contributed by atoms with E-state index in [1.807, 2.05) is 18.5 Å². The second kappa shape index (κ2) is 8.00. The lowest BCUT2D eigenvalue weighted by Crippen LogP contribution is -2.44. The summed E-state index contributed by atoms with van der Waals surface area (Å²) in [6, 6.07) is 4.19. The molecular formula is C26H32N6. The Morgan fingerprint density at radius 3 is 2.59 bits per heavy atom. The Kier molecular flexibility index (Phi) is 4.98. The maximum Gasteiger partial charge on any atom is 0.228 e. The number of anilines is 3. The van der Waals surface area contributed by atoms with Crippen LogP contribution in [0.5, 0.6) is 0 Å². The third kappa shape index (κ3) is 3.51. The quantitative estimate of drug-likeness (QED) is 0.772. The van der Waals surface area contributed by atoms with Crippen LogP contribution in [0.2, 0.25) is 0 Å². The molecule has 6 nitrogen and oxygen atoms in total. The first-order valence-corrected chi connectivity index (χ1v) is 12.1. The molecule has 0 bridgehead atoms. The molecule has 2 aromatic heterocycles. The molecule has 1 saturated carbocycles. The summed E-state index contributed by atoms with van der Waals surface area (Å²) >= 11 is 0. The Bertz CT molecular complexity index is 1060. The van der Waals surface area contributed by atoms with Crippen molar-refractivity contribution < 1.29 is 0 Å². The van der Waals surface area contributed by atoms with Gasteiger partial charge in [-0.15, -0.1) is 0 Å². The molecule has 0 amide bonds. The minimum atomic E-state index is 0.293. The van der Waals surface area contributed by atoms with Crippen molar-refractivity contribution in [3.63, 3.8) is 0 Å². The van der Waals surface area contributed by atoms with Gasteiger partial charge in [-0.2, -0.15) is 0 Å². The summed E-state index contributed by atoms with van der Waals surface area (Å²) in [6.07, 6.45) is 17.5. The minimum Gasteiger partial charge on any atom is -0.368 e. The molecule has 0 unspecified atom stereocenters. The molecule has 4 aliphatic rings. The molecule has 6 heteroatoms. The molecule has 3 heterocycles. The first kappa shape index (κ1) is 19.9. The smallest absolute Gasteiger partial charge is 0.228 e. The summed E-state index contributed by atoms with van der Waals surface area (Å²) in [4.78, 5) is 19.1. The zero-order chi connectivity index (χ0) is 21.5. The van der Waals surface area contributed by atoms with Crippen molar-refractivity contribution in [1.29, 1.82) is 0 Å². The van der Waals surface area contributed by atoms with Gasteiger partial charge in [-0.25, -0.2) is 15.0 Å². The van der Waals surface area contributed by atoms with E-state index >= 15 is 0 Å². The predicted octanol–water partition coefficient (Wildman–Crippen LogP) is 4.59. The van der Waals surface area contributed by atoms with E-state index in [1.165, 1.54) is 60.2 Å². The maximum absolute atomic E-state index is 5.03. The highest BCUT2D eigenvalue weighted by molar-refractivity contribution is 5.81. The first-order valence-electron chi connectivity index (χ1n) is 12.1. The van der Waals surface area contributed by atoms with Crippen molar-refractivity contribution in [2.75, 3.05) is 43.4 Å². The molecule has 0 atom stereocenters. The highest BCUT2D eigenvalue weighted by Crippen LogP contribution is 2.55. The van der Waals surface area contributed by atoms with Crippen molar-refractivity contribution in [3.05, 3.63) is 53.5 Å². The number of likely N-dealkylation sites (N-methyl/N-ethyl adjacent to an activating group) is 1. The second-order valence-corrected chi connectivity index (χ2v) is 9.91. The lowest BCUT2D eigenvalue weighted by Gasteiger charge is -2.40. The van der Waals surface area contributed by atoms with Crippen LogP contribution in [-0.4, -0.2) is 53.1 Å². The fraction of sp³-hybridized carbons (Fsp3) is 0.500. The number of pyridine rings is 1. The van der Waals surface area contributed by atoms with E-state index in [-0.39, 0.29) is 0 Å². The Hall–Kier alpha value is -2.73. The predicted molar refractivity (Wildman–Crippen MR) is 129 cm³/mol. The molecule has 1 saturated heterocycles. The SMILES string of the molecule is CN1CCN(c2ccc(Nc3ncc4c(n3)C3=C(C=CCC35CCCCC5)C4)nc2)CC1. The first-order chi connectivity index (χ1) is 15.7. The molecule has 0 radical (unpaired) electrons. The Labute approximate surface area is 190 Å². The number of fused-ring (bicyclic) bond motifs is 3. The molecule has 32 heavy (non-hydrogen) atoms. The number of piperazine rings is 1. The van der Waals surface area contributed by atoms with Crippen molar-refractivity contribution >= 4 is 23.0 Å². The highest BCUT2D eigenvalue weighted by Gasteiger charge is 2.42. The molecule has 1 aliphatic heterocycles. The summed E-state index contributed by atoms with van der Waals surface area (Å²) in [6.45, 7) is 4.29. The van der Waals surface area contributed by atoms with Crippen LogP contribution in [0.1, 0.15) is 49.8 Å². The van der Waals surface area contributed by atoms with E-state index in [4.69, 9.17) is 4.98 Å². The van der Waals surface area contributed by atoms with Crippen molar-refractivity contribution in [2.45, 2.75) is 44.9 Å². The number of nitrogens with zero attached hydrogens (tertiary/aromatic N) is 5. The standard InChI is InChI=1S/C26H32N6/c1-31-12-14-32(15-13-31)21-7-8-22(27-18-21)29-25-28-17-20-16-19-6-5-11-26(9-3-2-4-10-26)23(19)24(20)30-25/h5-8,17-18H,2-4,9-16H2,1H3,(H,27,28,29,30). The summed E-state index contributed by atoms with van der Waals surface area (Å²) in [7, 11) is 2.18. The van der Waals surface area contributed by atoms with Gasteiger partial charge in [0.05, 0.1) is 17.6 Å². The average molecular weight is 429 g/mol. The van der Waals surface area contributed by atoms with Crippen LogP contribution in [0.15, 0.2) is 42.3 Å². The summed E-state index contributed by atoms with van der Waals surface area (Å²) < 4.78 is 0. The molecular weight excluding hydrogens is 396 g/mol. The van der Waals surface area contributed by atoms with E-state index in [0.717, 1.165) is 44.8 Å². The summed E-state index contributed by atoms with van der Waals surface area (Å²) in [5.74, 6) is 1.45. The van der Waals surface area contributed by atoms with Crippen LogP contribution < -0.4 is 10.2 Å². The van der Waals surface area contributed by atoms with Gasteiger partial charge in [0.25, 0.3) is 0 Å². The van der Waals surface area contributed by atoms with Gasteiger partial charge < -0.3 is 15.1 Å². The normalized spacial score (nSPS) is 22.2. The van der Waals surface area contributed by atoms with E-state index < -0.39 is 0 Å². The topological polar surface area (TPSA) is 57.2 Å². The second-order valence-electron chi connectivity index (χ2n) is 9.91. The van der Waals surface area contributed by atoms with Crippen LogP contribution in [0.25, 0.3) is 5.57 Å². The lowest BCUT2D eigenvalue weighted by atomic mass is 9.64. The van der Waals surface area contributed by atoms with Gasteiger partial charge >= 0.3 is 0 Å². The number of aromatic nitrogens is 3. The van der Waals surface area contributed by atoms with Gasteiger partial charge in [0.15, 0.2) is 0 Å². The van der Waals surface area contributed by atoms with Crippen LogP contribution in [0.4, 0.5) is 17.5 Å². The van der Waals surface area contributed by atoms with Crippen molar-refractivity contribution in [2.24, 2.45) is 5.41 Å². The van der Waals surface area contributed by atoms with Crippen LogP contribution in [0.3, 0.4) is 0 Å². The molecule has 2 aromatic rings. The lowest BCUT2D eigenvalue weighted by molar-refractivity contribution is 0.271. The Morgan fingerprint density at radius 1 is 0.969 bits per heavy atom. The number of hydrogen-bond donors (Lipinski definition) is 1. The maximum atomic E-state index is 5.03. The zero-order valence-corrected chi connectivity index (χ0v) is 19.0. The monoisotopic (exact) mass is 428 g/mol. The third-order valence-electron chi connectivity index (χ3n) is 7.83. The molecule has 166 valence electrons. The number of nitrogens with one attached hydrogen (secondary N) is 1. The largest absolute Gasteiger partial charge is 0.368 e.